The van der Waals surface area contributed by atoms with Gasteiger partial charge in [0, 0.05) is 43.9 Å². The Morgan fingerprint density at radius 3 is 2.52 bits per heavy atom. The Kier molecular flexibility index (Phi) is 6.05. The second kappa shape index (κ2) is 8.87. The van der Waals surface area contributed by atoms with Crippen LogP contribution in [0.2, 0.25) is 0 Å². The molecule has 1 aliphatic carbocycles. The number of carbonyl (C=O) groups is 1. The summed E-state index contributed by atoms with van der Waals surface area (Å²) >= 11 is 0. The maximum atomic E-state index is 13.0. The molecule has 1 N–H and O–H groups in total. The number of hydrogen-bond acceptors (Lipinski definition) is 3. The van der Waals surface area contributed by atoms with Crippen LogP contribution in [0.25, 0.3) is 0 Å². The minimum atomic E-state index is 0.278. The van der Waals surface area contributed by atoms with Crippen molar-refractivity contribution in [1.82, 2.24) is 4.90 Å². The molecule has 2 aromatic carbocycles. The fraction of sp³-hybridized carbons (Fsp3) is 0.458. The number of fused-ring (bicyclic) bond motifs is 1. The molecule has 0 aromatic heterocycles. The number of aryl methyl sites for hydroxylation is 1. The molecule has 2 aromatic rings. The van der Waals surface area contributed by atoms with Crippen LogP contribution >= 0.6 is 0 Å². The van der Waals surface area contributed by atoms with Gasteiger partial charge in [0.25, 0.3) is 5.91 Å². The minimum Gasteiger partial charge on any atom is -0.497 e. The summed E-state index contributed by atoms with van der Waals surface area (Å²) in [5.41, 5.74) is 4.09. The van der Waals surface area contributed by atoms with Crippen molar-refractivity contribution in [2.75, 3.05) is 51.8 Å². The first-order valence-corrected chi connectivity index (χ1v) is 10.7. The highest BCUT2D eigenvalue weighted by Gasteiger charge is 2.30. The fourth-order valence-electron chi connectivity index (χ4n) is 4.75. The van der Waals surface area contributed by atoms with Crippen LogP contribution in [0.15, 0.2) is 48.5 Å². The summed E-state index contributed by atoms with van der Waals surface area (Å²) in [5.74, 6) is 1.15. The second-order valence-corrected chi connectivity index (χ2v) is 8.23. The van der Waals surface area contributed by atoms with Gasteiger partial charge in [-0.1, -0.05) is 24.3 Å². The van der Waals surface area contributed by atoms with Gasteiger partial charge in [-0.25, -0.2) is 0 Å². The predicted octanol–water partition coefficient (Wildman–Crippen LogP) is 1.94. The summed E-state index contributed by atoms with van der Waals surface area (Å²) < 4.78 is 5.24. The quantitative estimate of drug-likeness (QED) is 0.842. The Labute approximate surface area is 173 Å². The maximum absolute atomic E-state index is 13.0. The molecule has 1 aliphatic heterocycles. The van der Waals surface area contributed by atoms with Crippen LogP contribution in [0.5, 0.6) is 5.75 Å². The third kappa shape index (κ3) is 4.40. The molecular formula is C24H32N3O2+. The first kappa shape index (κ1) is 19.8. The van der Waals surface area contributed by atoms with Crippen molar-refractivity contribution in [2.45, 2.75) is 25.3 Å². The largest absolute Gasteiger partial charge is 0.497 e. The molecule has 0 radical (unpaired) electrons. The van der Waals surface area contributed by atoms with Gasteiger partial charge >= 0.3 is 0 Å². The lowest BCUT2D eigenvalue weighted by molar-refractivity contribution is -0.905. The highest BCUT2D eigenvalue weighted by Crippen LogP contribution is 2.27. The molecule has 4 rings (SSSR count). The van der Waals surface area contributed by atoms with E-state index in [1.807, 2.05) is 17.0 Å². The first-order valence-electron chi connectivity index (χ1n) is 10.7. The van der Waals surface area contributed by atoms with Gasteiger partial charge in [-0.2, -0.15) is 0 Å². The van der Waals surface area contributed by atoms with Crippen molar-refractivity contribution in [3.8, 4) is 5.75 Å². The molecule has 5 heteroatoms. The van der Waals surface area contributed by atoms with Crippen molar-refractivity contribution in [2.24, 2.45) is 0 Å². The highest BCUT2D eigenvalue weighted by molar-refractivity contribution is 5.77. The Morgan fingerprint density at radius 1 is 1.07 bits per heavy atom. The van der Waals surface area contributed by atoms with Crippen LogP contribution in [0.4, 0.5) is 5.69 Å². The Morgan fingerprint density at radius 2 is 1.79 bits per heavy atom. The molecule has 1 heterocycles. The van der Waals surface area contributed by atoms with Crippen molar-refractivity contribution < 1.29 is 14.4 Å². The lowest BCUT2D eigenvalue weighted by Gasteiger charge is -2.37. The van der Waals surface area contributed by atoms with Crippen LogP contribution < -0.4 is 14.5 Å². The van der Waals surface area contributed by atoms with Gasteiger partial charge in [-0.3, -0.25) is 4.79 Å². The number of piperazine rings is 1. The monoisotopic (exact) mass is 394 g/mol. The predicted molar refractivity (Wildman–Crippen MR) is 116 cm³/mol. The Hall–Kier alpha value is -2.53. The van der Waals surface area contributed by atoms with E-state index in [1.54, 1.807) is 7.11 Å². The summed E-state index contributed by atoms with van der Waals surface area (Å²) in [6.45, 7) is 3.91. The van der Waals surface area contributed by atoms with Gasteiger partial charge in [0.1, 0.15) is 11.8 Å². The van der Waals surface area contributed by atoms with Gasteiger partial charge < -0.3 is 19.4 Å². The minimum absolute atomic E-state index is 0.278. The van der Waals surface area contributed by atoms with Crippen LogP contribution in [0.1, 0.15) is 30.0 Å². The number of amides is 1. The normalized spacial score (nSPS) is 20.1. The number of carbonyl (C=O) groups excluding carboxylic acids is 1. The molecule has 1 fully saturated rings. The second-order valence-electron chi connectivity index (χ2n) is 8.23. The zero-order chi connectivity index (χ0) is 20.2. The summed E-state index contributed by atoms with van der Waals surface area (Å²) in [7, 11) is 3.86. The van der Waals surface area contributed by atoms with Crippen molar-refractivity contribution in [3.63, 3.8) is 0 Å². The number of rotatable bonds is 5. The highest BCUT2D eigenvalue weighted by atomic mass is 16.5. The number of ether oxygens (including phenoxy) is 1. The smallest absolute Gasteiger partial charge is 0.277 e. The van der Waals surface area contributed by atoms with E-state index in [-0.39, 0.29) is 5.91 Å². The van der Waals surface area contributed by atoms with Gasteiger partial charge in [0.05, 0.1) is 14.2 Å². The molecule has 1 unspecified atom stereocenters. The standard InChI is InChI=1S/C24H31N3O2/c1-25(23-9-5-7-19-6-3-4-8-22(19)23)18-24(28)27-16-14-26(15-17-27)20-10-12-21(29-2)13-11-20/h3-4,6,8,10-13,23H,5,7,9,14-18H2,1-2H3/p+1/t23-/m1/s1. The number of quaternary nitrogens is 1. The van der Waals surface area contributed by atoms with E-state index in [0.717, 1.165) is 31.9 Å². The summed E-state index contributed by atoms with van der Waals surface area (Å²) in [5, 5.41) is 0. The maximum Gasteiger partial charge on any atom is 0.277 e. The molecule has 1 amide bonds. The van der Waals surface area contributed by atoms with E-state index in [4.69, 9.17) is 4.74 Å². The van der Waals surface area contributed by atoms with E-state index in [1.165, 1.54) is 41.0 Å². The van der Waals surface area contributed by atoms with Crippen LogP contribution in [-0.2, 0) is 11.2 Å². The zero-order valence-electron chi connectivity index (χ0n) is 17.6. The van der Waals surface area contributed by atoms with Crippen LogP contribution in [-0.4, -0.2) is 57.7 Å². The molecule has 29 heavy (non-hydrogen) atoms. The lowest BCUT2D eigenvalue weighted by Crippen LogP contribution is -3.10. The third-order valence-corrected chi connectivity index (χ3v) is 6.46. The van der Waals surface area contributed by atoms with Gasteiger partial charge in [0.2, 0.25) is 0 Å². The number of likely N-dealkylation sites (N-methyl/N-ethyl adjacent to an activating group) is 1. The molecule has 154 valence electrons. The molecule has 0 saturated carbocycles. The third-order valence-electron chi connectivity index (χ3n) is 6.46. The number of methoxy groups -OCH3 is 1. The SMILES string of the molecule is COc1ccc(N2CCN(C(=O)C[NH+](C)[C@@H]3CCCc4ccccc43)CC2)cc1. The van der Waals surface area contributed by atoms with Crippen molar-refractivity contribution in [1.29, 1.82) is 0 Å². The molecule has 0 spiro atoms. The van der Waals surface area contributed by atoms with Gasteiger partial charge in [0.15, 0.2) is 6.54 Å². The van der Waals surface area contributed by atoms with Gasteiger partial charge in [-0.05, 0) is 42.7 Å². The number of nitrogens with one attached hydrogen (secondary N) is 1. The number of anilines is 1. The summed E-state index contributed by atoms with van der Waals surface area (Å²) in [4.78, 5) is 18.7. The summed E-state index contributed by atoms with van der Waals surface area (Å²) in [6.07, 6.45) is 3.55. The fourth-order valence-corrected chi connectivity index (χ4v) is 4.75. The average molecular weight is 395 g/mol. The molecule has 0 bridgehead atoms. The molecule has 2 aliphatic rings. The zero-order valence-corrected chi connectivity index (χ0v) is 17.6. The van der Waals surface area contributed by atoms with E-state index in [2.05, 4.69) is 48.3 Å². The molecule has 5 nitrogen and oxygen atoms in total. The van der Waals surface area contributed by atoms with E-state index < -0.39 is 0 Å². The summed E-state index contributed by atoms with van der Waals surface area (Å²) in [6, 6.07) is 17.4. The van der Waals surface area contributed by atoms with Crippen molar-refractivity contribution in [3.05, 3.63) is 59.7 Å². The van der Waals surface area contributed by atoms with Crippen LogP contribution in [0.3, 0.4) is 0 Å². The lowest BCUT2D eigenvalue weighted by atomic mass is 9.87. The Balaban J connectivity index is 1.32. The van der Waals surface area contributed by atoms with E-state index >= 15 is 0 Å². The number of hydrogen-bond donors (Lipinski definition) is 1. The average Bonchev–Trinajstić information content (AvgIpc) is 2.78. The van der Waals surface area contributed by atoms with E-state index in [0.29, 0.717) is 12.6 Å². The van der Waals surface area contributed by atoms with Crippen molar-refractivity contribution >= 4 is 11.6 Å². The molecule has 1 saturated heterocycles. The Bertz CT molecular complexity index is 828. The number of benzene rings is 2. The van der Waals surface area contributed by atoms with E-state index in [9.17, 15) is 4.79 Å². The topological polar surface area (TPSA) is 37.2 Å². The van der Waals surface area contributed by atoms with Crippen LogP contribution in [0, 0.1) is 0 Å². The molecule has 2 atom stereocenters. The first-order chi connectivity index (χ1) is 14.2. The number of nitrogens with zero attached hydrogens (tertiary/aromatic N) is 2. The molecular weight excluding hydrogens is 362 g/mol. The van der Waals surface area contributed by atoms with Gasteiger partial charge in [-0.15, -0.1) is 0 Å².